The number of carbonyl (C=O) groups is 2. The Morgan fingerprint density at radius 2 is 1.71 bits per heavy atom. The van der Waals surface area contributed by atoms with Crippen LogP contribution < -0.4 is 5.32 Å². The van der Waals surface area contributed by atoms with Gasteiger partial charge in [-0.15, -0.1) is 0 Å². The lowest BCUT2D eigenvalue weighted by atomic mass is 9.89. The van der Waals surface area contributed by atoms with E-state index in [9.17, 15) is 24.2 Å². The number of carboxylic acid groups (broad SMARTS) is 1. The Labute approximate surface area is 141 Å². The smallest absolute Gasteiger partial charge is 0.312 e. The first kappa shape index (κ1) is 20.1. The number of benzene rings is 1. The van der Waals surface area contributed by atoms with Crippen LogP contribution in [0.4, 0.5) is 4.39 Å². The third-order valence-corrected chi connectivity index (χ3v) is 3.99. The first-order chi connectivity index (χ1) is 11.3. The molecule has 0 fully saturated rings. The highest BCUT2D eigenvalue weighted by molar-refractivity contribution is 5.80. The summed E-state index contributed by atoms with van der Waals surface area (Å²) in [6.07, 6.45) is 2.52. The summed E-state index contributed by atoms with van der Waals surface area (Å²) in [5, 5.41) is 22.4. The number of carbonyl (C=O) groups excluding carboxylic acids is 1. The fourth-order valence-electron chi connectivity index (χ4n) is 2.85. The van der Waals surface area contributed by atoms with Gasteiger partial charge in [-0.1, -0.05) is 38.8 Å². The van der Waals surface area contributed by atoms with Crippen LogP contribution in [-0.2, 0) is 9.59 Å². The molecule has 0 aromatic heterocycles. The molecule has 134 valence electrons. The van der Waals surface area contributed by atoms with Crippen LogP contribution in [0, 0.1) is 5.82 Å². The Bertz CT molecular complexity index is 538. The third-order valence-electron chi connectivity index (χ3n) is 3.99. The zero-order valence-electron chi connectivity index (χ0n) is 14.2. The Morgan fingerprint density at radius 1 is 1.17 bits per heavy atom. The summed E-state index contributed by atoms with van der Waals surface area (Å²) in [5.41, 5.74) is -0.635. The first-order valence-electron chi connectivity index (χ1n) is 8.28. The summed E-state index contributed by atoms with van der Waals surface area (Å²) in [7, 11) is 0. The maximum Gasteiger partial charge on any atom is 0.312 e. The van der Waals surface area contributed by atoms with E-state index in [2.05, 4.69) is 5.32 Å². The van der Waals surface area contributed by atoms with Crippen molar-refractivity contribution in [3.05, 3.63) is 35.6 Å². The monoisotopic (exact) mass is 339 g/mol. The molecule has 0 aliphatic carbocycles. The van der Waals surface area contributed by atoms with Gasteiger partial charge in [0.15, 0.2) is 0 Å². The van der Waals surface area contributed by atoms with E-state index in [0.29, 0.717) is 18.4 Å². The van der Waals surface area contributed by atoms with Gasteiger partial charge in [0, 0.05) is 6.54 Å². The Kier molecular flexibility index (Phi) is 7.85. The Balaban J connectivity index is 2.68. The molecule has 5 nitrogen and oxygen atoms in total. The van der Waals surface area contributed by atoms with E-state index in [1.165, 1.54) is 24.3 Å². The van der Waals surface area contributed by atoms with Crippen molar-refractivity contribution in [2.24, 2.45) is 0 Å². The number of aliphatic hydroxyl groups is 1. The van der Waals surface area contributed by atoms with E-state index in [-0.39, 0.29) is 18.9 Å². The van der Waals surface area contributed by atoms with Gasteiger partial charge in [-0.3, -0.25) is 9.59 Å². The van der Waals surface area contributed by atoms with Gasteiger partial charge in [-0.25, -0.2) is 4.39 Å². The number of halogens is 1. The molecule has 1 atom stereocenters. The van der Waals surface area contributed by atoms with Gasteiger partial charge in [0.25, 0.3) is 0 Å². The summed E-state index contributed by atoms with van der Waals surface area (Å²) >= 11 is 0. The summed E-state index contributed by atoms with van der Waals surface area (Å²) in [5.74, 6) is -2.89. The Morgan fingerprint density at radius 3 is 2.17 bits per heavy atom. The van der Waals surface area contributed by atoms with Crippen molar-refractivity contribution >= 4 is 11.9 Å². The molecule has 0 aliphatic heterocycles. The van der Waals surface area contributed by atoms with Crippen LogP contribution in [-0.4, -0.2) is 34.2 Å². The molecule has 24 heavy (non-hydrogen) atoms. The number of amides is 1. The molecule has 0 aliphatic rings. The van der Waals surface area contributed by atoms with Gasteiger partial charge in [0.1, 0.15) is 5.82 Å². The van der Waals surface area contributed by atoms with Gasteiger partial charge in [-0.05, 0) is 30.5 Å². The highest BCUT2D eigenvalue weighted by Gasteiger charge is 2.29. The van der Waals surface area contributed by atoms with Crippen LogP contribution in [0.15, 0.2) is 24.3 Å². The molecule has 0 saturated heterocycles. The minimum absolute atomic E-state index is 0.0512. The topological polar surface area (TPSA) is 86.6 Å². The van der Waals surface area contributed by atoms with Crippen molar-refractivity contribution in [2.75, 3.05) is 6.54 Å². The van der Waals surface area contributed by atoms with E-state index in [4.69, 9.17) is 0 Å². The molecule has 1 rings (SSSR count). The fourth-order valence-corrected chi connectivity index (χ4v) is 2.85. The SMILES string of the molecule is CCCC(O)(CCC)CC(=O)NCC(C(=O)O)c1ccc(F)cc1. The summed E-state index contributed by atoms with van der Waals surface area (Å²) in [4.78, 5) is 23.5. The number of carboxylic acids is 1. The fraction of sp³-hybridized carbons (Fsp3) is 0.556. The van der Waals surface area contributed by atoms with E-state index in [0.717, 1.165) is 12.8 Å². The molecule has 0 spiro atoms. The highest BCUT2D eigenvalue weighted by Crippen LogP contribution is 2.23. The molecule has 0 radical (unpaired) electrons. The maximum atomic E-state index is 13.0. The molecule has 1 aromatic carbocycles. The van der Waals surface area contributed by atoms with E-state index >= 15 is 0 Å². The van der Waals surface area contributed by atoms with Crippen molar-refractivity contribution in [1.29, 1.82) is 0 Å². The van der Waals surface area contributed by atoms with Crippen LogP contribution >= 0.6 is 0 Å². The van der Waals surface area contributed by atoms with E-state index < -0.39 is 23.3 Å². The van der Waals surface area contributed by atoms with Crippen molar-refractivity contribution < 1.29 is 24.2 Å². The maximum absolute atomic E-state index is 13.0. The number of aliphatic carboxylic acids is 1. The lowest BCUT2D eigenvalue weighted by Crippen LogP contribution is -2.39. The average Bonchev–Trinajstić information content (AvgIpc) is 2.49. The van der Waals surface area contributed by atoms with Crippen LogP contribution in [0.25, 0.3) is 0 Å². The Hall–Kier alpha value is -1.95. The predicted octanol–water partition coefficient (Wildman–Crippen LogP) is 2.83. The van der Waals surface area contributed by atoms with Crippen molar-refractivity contribution in [3.8, 4) is 0 Å². The van der Waals surface area contributed by atoms with Crippen LogP contribution in [0.3, 0.4) is 0 Å². The van der Waals surface area contributed by atoms with Crippen molar-refractivity contribution in [2.45, 2.75) is 57.5 Å². The van der Waals surface area contributed by atoms with Crippen molar-refractivity contribution in [3.63, 3.8) is 0 Å². The molecule has 1 amide bonds. The largest absolute Gasteiger partial charge is 0.481 e. The molecule has 1 aromatic rings. The second-order valence-electron chi connectivity index (χ2n) is 6.15. The zero-order chi connectivity index (χ0) is 18.2. The predicted molar refractivity (Wildman–Crippen MR) is 89.2 cm³/mol. The van der Waals surface area contributed by atoms with Gasteiger partial charge in [-0.2, -0.15) is 0 Å². The van der Waals surface area contributed by atoms with E-state index in [1.54, 1.807) is 0 Å². The van der Waals surface area contributed by atoms with Gasteiger partial charge < -0.3 is 15.5 Å². The molecule has 0 bridgehead atoms. The van der Waals surface area contributed by atoms with Crippen molar-refractivity contribution in [1.82, 2.24) is 5.32 Å². The lowest BCUT2D eigenvalue weighted by molar-refractivity contribution is -0.138. The first-order valence-corrected chi connectivity index (χ1v) is 8.28. The zero-order valence-corrected chi connectivity index (χ0v) is 14.2. The third kappa shape index (κ3) is 6.28. The molecular formula is C18H26FNO4. The lowest BCUT2D eigenvalue weighted by Gasteiger charge is -2.27. The van der Waals surface area contributed by atoms with Crippen LogP contribution in [0.2, 0.25) is 0 Å². The minimum atomic E-state index is -1.10. The van der Waals surface area contributed by atoms with Crippen LogP contribution in [0.1, 0.15) is 57.4 Å². The molecule has 3 N–H and O–H groups in total. The summed E-state index contributed by atoms with van der Waals surface area (Å²) in [6, 6.07) is 5.16. The summed E-state index contributed by atoms with van der Waals surface area (Å²) < 4.78 is 13.0. The number of hydrogen-bond acceptors (Lipinski definition) is 3. The second kappa shape index (κ2) is 9.37. The molecule has 0 heterocycles. The van der Waals surface area contributed by atoms with Crippen LogP contribution in [0.5, 0.6) is 0 Å². The molecule has 0 saturated carbocycles. The normalized spacial score (nSPS) is 12.7. The molecule has 1 unspecified atom stereocenters. The number of hydrogen-bond donors (Lipinski definition) is 3. The minimum Gasteiger partial charge on any atom is -0.481 e. The standard InChI is InChI=1S/C18H26FNO4/c1-3-9-18(24,10-4-2)11-16(21)20-12-15(17(22)23)13-5-7-14(19)8-6-13/h5-8,15,24H,3-4,9-12H2,1-2H3,(H,20,21)(H,22,23). The molecule has 6 heteroatoms. The average molecular weight is 339 g/mol. The van der Waals surface area contributed by atoms with Gasteiger partial charge >= 0.3 is 5.97 Å². The number of nitrogens with one attached hydrogen (secondary N) is 1. The second-order valence-corrected chi connectivity index (χ2v) is 6.15. The quantitative estimate of drug-likeness (QED) is 0.612. The molecular weight excluding hydrogens is 313 g/mol. The van der Waals surface area contributed by atoms with Gasteiger partial charge in [0.2, 0.25) is 5.91 Å². The van der Waals surface area contributed by atoms with Gasteiger partial charge in [0.05, 0.1) is 17.9 Å². The number of rotatable bonds is 10. The summed E-state index contributed by atoms with van der Waals surface area (Å²) in [6.45, 7) is 3.77. The van der Waals surface area contributed by atoms with E-state index in [1.807, 2.05) is 13.8 Å². The highest BCUT2D eigenvalue weighted by atomic mass is 19.1.